The van der Waals surface area contributed by atoms with Crippen molar-refractivity contribution in [1.29, 1.82) is 0 Å². The molecule has 0 aliphatic carbocycles. The lowest BCUT2D eigenvalue weighted by Gasteiger charge is -2.34. The monoisotopic (exact) mass is 519 g/mol. The summed E-state index contributed by atoms with van der Waals surface area (Å²) in [5, 5.41) is 34.1. The number of nitrogens with zero attached hydrogens (tertiary/aromatic N) is 5. The predicted octanol–water partition coefficient (Wildman–Crippen LogP) is 3.93. The van der Waals surface area contributed by atoms with Gasteiger partial charge in [0.2, 0.25) is 11.9 Å². The van der Waals surface area contributed by atoms with Crippen LogP contribution in [0, 0.1) is 0 Å². The smallest absolute Gasteiger partial charge is 0.246 e. The largest absolute Gasteiger partial charge is 0.508 e. The van der Waals surface area contributed by atoms with Crippen LogP contribution in [0.25, 0.3) is 28.5 Å². The summed E-state index contributed by atoms with van der Waals surface area (Å²) in [4.78, 5) is 25.2. The normalized spacial score (nSPS) is 13.9. The highest BCUT2D eigenvalue weighted by molar-refractivity contribution is 6.32. The Hall–Kier alpha value is -4.57. The standard InChI is InChI=1S/C26H22ClN5O5/c27-19-14-18(21(34)15-22(19)35)25-24(16-2-4-17(33)5-3-16)20(30-37-25)6-7-23(36)31-10-12-32(13-11-31)26-28-8-1-9-29-26/h1-9,14-15,33-35H,10-13H2/b7-6+. The van der Waals surface area contributed by atoms with Crippen molar-refractivity contribution in [2.45, 2.75) is 0 Å². The van der Waals surface area contributed by atoms with Gasteiger partial charge in [-0.2, -0.15) is 0 Å². The lowest BCUT2D eigenvalue weighted by Crippen LogP contribution is -2.48. The van der Waals surface area contributed by atoms with E-state index in [1.54, 1.807) is 41.6 Å². The fourth-order valence-electron chi connectivity index (χ4n) is 4.08. The van der Waals surface area contributed by atoms with Crippen molar-refractivity contribution < 1.29 is 24.6 Å². The first-order chi connectivity index (χ1) is 17.9. The van der Waals surface area contributed by atoms with Crippen molar-refractivity contribution in [3.63, 3.8) is 0 Å². The molecule has 2 aromatic heterocycles. The van der Waals surface area contributed by atoms with Crippen molar-refractivity contribution in [1.82, 2.24) is 20.0 Å². The number of hydrogen-bond donors (Lipinski definition) is 3. The van der Waals surface area contributed by atoms with Crippen LogP contribution in [0.2, 0.25) is 5.02 Å². The minimum Gasteiger partial charge on any atom is -0.508 e. The fraction of sp³-hybridized carbons (Fsp3) is 0.154. The minimum absolute atomic E-state index is 0.0215. The van der Waals surface area contributed by atoms with E-state index in [1.807, 2.05) is 4.90 Å². The maximum Gasteiger partial charge on any atom is 0.246 e. The van der Waals surface area contributed by atoms with E-state index in [9.17, 15) is 20.1 Å². The van der Waals surface area contributed by atoms with Crippen molar-refractivity contribution in [2.24, 2.45) is 0 Å². The average molecular weight is 520 g/mol. The number of phenols is 3. The predicted molar refractivity (Wildman–Crippen MR) is 137 cm³/mol. The molecule has 11 heteroatoms. The van der Waals surface area contributed by atoms with E-state index in [-0.39, 0.29) is 39.5 Å². The number of anilines is 1. The molecule has 1 amide bonds. The lowest BCUT2D eigenvalue weighted by atomic mass is 9.98. The Morgan fingerprint density at radius 1 is 0.973 bits per heavy atom. The number of carbonyl (C=O) groups is 1. The molecule has 188 valence electrons. The SMILES string of the molecule is O=C(/C=C/c1noc(-c2cc(Cl)c(O)cc2O)c1-c1ccc(O)cc1)N1CCN(c2ncccn2)CC1. The van der Waals surface area contributed by atoms with Gasteiger partial charge in [-0.05, 0) is 35.9 Å². The molecule has 0 radical (unpaired) electrons. The Kier molecular flexibility index (Phi) is 6.65. The summed E-state index contributed by atoms with van der Waals surface area (Å²) in [5.74, 6) is 0.170. The molecule has 10 nitrogen and oxygen atoms in total. The molecule has 2 aromatic carbocycles. The zero-order valence-corrected chi connectivity index (χ0v) is 20.2. The van der Waals surface area contributed by atoms with E-state index >= 15 is 0 Å². The number of hydrogen-bond acceptors (Lipinski definition) is 9. The van der Waals surface area contributed by atoms with Gasteiger partial charge in [0, 0.05) is 50.7 Å². The second-order valence-electron chi connectivity index (χ2n) is 8.33. The van der Waals surface area contributed by atoms with Crippen LogP contribution in [0.15, 0.2) is 65.5 Å². The molecule has 1 fully saturated rings. The third-order valence-electron chi connectivity index (χ3n) is 5.99. The summed E-state index contributed by atoms with van der Waals surface area (Å²) in [7, 11) is 0. The molecule has 1 aliphatic rings. The van der Waals surface area contributed by atoms with Crippen LogP contribution >= 0.6 is 11.6 Å². The van der Waals surface area contributed by atoms with Gasteiger partial charge in [0.25, 0.3) is 0 Å². The molecule has 0 unspecified atom stereocenters. The van der Waals surface area contributed by atoms with Gasteiger partial charge in [0.05, 0.1) is 16.1 Å². The highest BCUT2D eigenvalue weighted by Gasteiger charge is 2.24. The Morgan fingerprint density at radius 2 is 1.68 bits per heavy atom. The number of amides is 1. The number of piperazine rings is 1. The van der Waals surface area contributed by atoms with Crippen LogP contribution in [-0.4, -0.2) is 67.4 Å². The highest BCUT2D eigenvalue weighted by Crippen LogP contribution is 2.43. The van der Waals surface area contributed by atoms with Gasteiger partial charge in [0.1, 0.15) is 22.9 Å². The van der Waals surface area contributed by atoms with Gasteiger partial charge in [-0.15, -0.1) is 0 Å². The van der Waals surface area contributed by atoms with Gasteiger partial charge in [-0.1, -0.05) is 28.9 Å². The maximum absolute atomic E-state index is 12.9. The van der Waals surface area contributed by atoms with Crippen LogP contribution in [0.4, 0.5) is 5.95 Å². The fourth-order valence-corrected chi connectivity index (χ4v) is 4.24. The molecule has 3 N–H and O–H groups in total. The summed E-state index contributed by atoms with van der Waals surface area (Å²) >= 11 is 6.07. The van der Waals surface area contributed by atoms with Gasteiger partial charge < -0.3 is 29.6 Å². The number of carbonyl (C=O) groups excluding carboxylic acids is 1. The van der Waals surface area contributed by atoms with Crippen LogP contribution in [0.5, 0.6) is 17.2 Å². The van der Waals surface area contributed by atoms with E-state index in [0.29, 0.717) is 48.9 Å². The Balaban J connectivity index is 1.41. The summed E-state index contributed by atoms with van der Waals surface area (Å²) in [6, 6.07) is 10.6. The zero-order valence-electron chi connectivity index (χ0n) is 19.5. The molecule has 37 heavy (non-hydrogen) atoms. The second-order valence-corrected chi connectivity index (χ2v) is 8.74. The summed E-state index contributed by atoms with van der Waals surface area (Å²) in [6.45, 7) is 2.24. The Morgan fingerprint density at radius 3 is 2.38 bits per heavy atom. The van der Waals surface area contributed by atoms with Gasteiger partial charge >= 0.3 is 0 Å². The van der Waals surface area contributed by atoms with E-state index in [0.717, 1.165) is 6.07 Å². The van der Waals surface area contributed by atoms with E-state index < -0.39 is 0 Å². The lowest BCUT2D eigenvalue weighted by molar-refractivity contribution is -0.126. The van der Waals surface area contributed by atoms with Crippen LogP contribution < -0.4 is 4.90 Å². The van der Waals surface area contributed by atoms with Crippen molar-refractivity contribution in [2.75, 3.05) is 31.1 Å². The topological polar surface area (TPSA) is 136 Å². The molecule has 0 saturated carbocycles. The first kappa shape index (κ1) is 24.1. The molecule has 0 spiro atoms. The zero-order chi connectivity index (χ0) is 25.9. The Bertz CT molecular complexity index is 1450. The quantitative estimate of drug-likeness (QED) is 0.335. The van der Waals surface area contributed by atoms with Crippen LogP contribution in [0.1, 0.15) is 5.69 Å². The molecule has 0 bridgehead atoms. The number of rotatable bonds is 5. The van der Waals surface area contributed by atoms with Gasteiger partial charge in [0.15, 0.2) is 5.76 Å². The molecular weight excluding hydrogens is 498 g/mol. The molecule has 1 aliphatic heterocycles. The number of phenolic OH excluding ortho intramolecular Hbond substituents is 3. The number of halogens is 1. The third-order valence-corrected chi connectivity index (χ3v) is 6.30. The third kappa shape index (κ3) is 5.05. The van der Waals surface area contributed by atoms with E-state index in [4.69, 9.17) is 16.1 Å². The van der Waals surface area contributed by atoms with Gasteiger partial charge in [-0.3, -0.25) is 4.79 Å². The van der Waals surface area contributed by atoms with Crippen molar-refractivity contribution in [3.05, 3.63) is 71.7 Å². The number of aromatic nitrogens is 3. The molecular formula is C26H22ClN5O5. The van der Waals surface area contributed by atoms with Crippen LogP contribution in [-0.2, 0) is 4.79 Å². The number of benzene rings is 2. The first-order valence-electron chi connectivity index (χ1n) is 11.4. The molecule has 1 saturated heterocycles. The summed E-state index contributed by atoms with van der Waals surface area (Å²) in [5.41, 5.74) is 1.66. The highest BCUT2D eigenvalue weighted by atomic mass is 35.5. The molecule has 0 atom stereocenters. The van der Waals surface area contributed by atoms with Crippen molar-refractivity contribution >= 4 is 29.5 Å². The summed E-state index contributed by atoms with van der Waals surface area (Å²) < 4.78 is 5.57. The maximum atomic E-state index is 12.9. The Labute approximate surface area is 216 Å². The second kappa shape index (κ2) is 10.2. The van der Waals surface area contributed by atoms with Gasteiger partial charge in [-0.25, -0.2) is 9.97 Å². The molecule has 4 aromatic rings. The molecule has 3 heterocycles. The molecule has 5 rings (SSSR count). The first-order valence-corrected chi connectivity index (χ1v) is 11.8. The van der Waals surface area contributed by atoms with E-state index in [2.05, 4.69) is 15.1 Å². The minimum atomic E-state index is -0.279. The average Bonchev–Trinajstić information content (AvgIpc) is 3.34. The summed E-state index contributed by atoms with van der Waals surface area (Å²) in [6.07, 6.45) is 6.34. The number of aromatic hydroxyl groups is 3. The van der Waals surface area contributed by atoms with Crippen molar-refractivity contribution in [3.8, 4) is 39.7 Å². The van der Waals surface area contributed by atoms with E-state index in [1.165, 1.54) is 24.3 Å². The van der Waals surface area contributed by atoms with Crippen LogP contribution in [0.3, 0.4) is 0 Å².